The highest BCUT2D eigenvalue weighted by atomic mass is 16.5. The van der Waals surface area contributed by atoms with E-state index in [0.29, 0.717) is 0 Å². The summed E-state index contributed by atoms with van der Waals surface area (Å²) in [5, 5.41) is 0. The molecule has 1 saturated heterocycles. The van der Waals surface area contributed by atoms with E-state index in [9.17, 15) is 0 Å². The van der Waals surface area contributed by atoms with Crippen molar-refractivity contribution >= 4 is 0 Å². The smallest absolute Gasteiger partial charge is 0.0594 e. The zero-order valence-electron chi connectivity index (χ0n) is 7.79. The zero-order chi connectivity index (χ0) is 8.65. The maximum Gasteiger partial charge on any atom is 0.0594 e. The van der Waals surface area contributed by atoms with Crippen LogP contribution in [0.1, 0.15) is 6.42 Å². The Balaban J connectivity index is 1.91. The minimum Gasteiger partial charge on any atom is -0.384 e. The van der Waals surface area contributed by atoms with E-state index in [1.165, 1.54) is 0 Å². The van der Waals surface area contributed by atoms with Crippen molar-refractivity contribution in [3.63, 3.8) is 0 Å². The first kappa shape index (κ1) is 9.96. The molecule has 0 bridgehead atoms. The molecule has 12 heavy (non-hydrogen) atoms. The fourth-order valence-electron chi connectivity index (χ4n) is 1.30. The van der Waals surface area contributed by atoms with Crippen LogP contribution < -0.4 is 0 Å². The maximum absolute atomic E-state index is 5.25. The van der Waals surface area contributed by atoms with Gasteiger partial charge >= 0.3 is 0 Å². The lowest BCUT2D eigenvalue weighted by Gasteiger charge is -2.26. The molecular weight excluding hydrogens is 154 g/mol. The topological polar surface area (TPSA) is 21.7 Å². The largest absolute Gasteiger partial charge is 0.384 e. The quantitative estimate of drug-likeness (QED) is 0.566. The summed E-state index contributed by atoms with van der Waals surface area (Å²) in [6.45, 7) is 5.87. The van der Waals surface area contributed by atoms with Gasteiger partial charge in [0.25, 0.3) is 0 Å². The van der Waals surface area contributed by atoms with Crippen molar-refractivity contribution in [2.75, 3.05) is 46.6 Å². The van der Waals surface area contributed by atoms with E-state index < -0.39 is 0 Å². The number of hydrogen-bond acceptors (Lipinski definition) is 3. The fourth-order valence-corrected chi connectivity index (χ4v) is 1.30. The highest BCUT2D eigenvalue weighted by molar-refractivity contribution is 4.68. The van der Waals surface area contributed by atoms with Gasteiger partial charge in [-0.3, -0.25) is 4.90 Å². The van der Waals surface area contributed by atoms with Crippen molar-refractivity contribution in [1.29, 1.82) is 0 Å². The van der Waals surface area contributed by atoms with E-state index in [1.54, 1.807) is 7.11 Å². The SMILES string of the molecule is COC[CH]CCN1CCOCC1. The number of morpholine rings is 1. The predicted octanol–water partition coefficient (Wildman–Crippen LogP) is 0.559. The lowest BCUT2D eigenvalue weighted by atomic mass is 10.3. The lowest BCUT2D eigenvalue weighted by molar-refractivity contribution is 0.0379. The number of nitrogens with zero attached hydrogens (tertiary/aromatic N) is 1. The average molecular weight is 172 g/mol. The molecule has 0 N–H and O–H groups in total. The van der Waals surface area contributed by atoms with Gasteiger partial charge in [0.05, 0.1) is 13.2 Å². The van der Waals surface area contributed by atoms with Gasteiger partial charge in [-0.1, -0.05) is 0 Å². The molecule has 1 aliphatic rings. The molecule has 0 unspecified atom stereocenters. The summed E-state index contributed by atoms with van der Waals surface area (Å²) in [6, 6.07) is 0. The Hall–Kier alpha value is -0.120. The van der Waals surface area contributed by atoms with E-state index in [-0.39, 0.29) is 0 Å². The molecule has 0 atom stereocenters. The van der Waals surface area contributed by atoms with Crippen molar-refractivity contribution in [3.05, 3.63) is 6.42 Å². The van der Waals surface area contributed by atoms with E-state index in [4.69, 9.17) is 9.47 Å². The van der Waals surface area contributed by atoms with Crippen LogP contribution in [0.15, 0.2) is 0 Å². The second kappa shape index (κ2) is 6.40. The first-order valence-corrected chi connectivity index (χ1v) is 4.54. The van der Waals surface area contributed by atoms with E-state index in [0.717, 1.165) is 45.9 Å². The minimum atomic E-state index is 0.768. The Labute approximate surface area is 74.6 Å². The summed E-state index contributed by atoms with van der Waals surface area (Å²) in [4.78, 5) is 2.43. The Bertz CT molecular complexity index is 103. The maximum atomic E-state index is 5.25. The second-order valence-corrected chi connectivity index (χ2v) is 2.99. The van der Waals surface area contributed by atoms with Gasteiger partial charge in [-0.15, -0.1) is 0 Å². The van der Waals surface area contributed by atoms with Crippen LogP contribution in [0.3, 0.4) is 0 Å². The molecule has 0 aliphatic carbocycles. The number of unbranched alkanes of at least 4 members (excludes halogenated alkanes) is 1. The molecule has 0 aromatic rings. The molecule has 3 heteroatoms. The summed E-state index contributed by atoms with van der Waals surface area (Å²) < 4.78 is 10.2. The molecule has 3 nitrogen and oxygen atoms in total. The molecule has 1 fully saturated rings. The highest BCUT2D eigenvalue weighted by Gasteiger charge is 2.08. The van der Waals surface area contributed by atoms with Crippen LogP contribution in [0.4, 0.5) is 0 Å². The molecule has 0 aromatic heterocycles. The molecular formula is C9H18NO2. The third-order valence-corrected chi connectivity index (χ3v) is 2.04. The van der Waals surface area contributed by atoms with Crippen LogP contribution >= 0.6 is 0 Å². The minimum absolute atomic E-state index is 0.768. The number of ether oxygens (including phenoxy) is 2. The Morgan fingerprint density at radius 3 is 2.83 bits per heavy atom. The van der Waals surface area contributed by atoms with Crippen molar-refractivity contribution in [2.45, 2.75) is 6.42 Å². The van der Waals surface area contributed by atoms with Crippen molar-refractivity contribution in [2.24, 2.45) is 0 Å². The molecule has 1 radical (unpaired) electrons. The van der Waals surface area contributed by atoms with Gasteiger partial charge in [0.1, 0.15) is 0 Å². The number of methoxy groups -OCH3 is 1. The van der Waals surface area contributed by atoms with Crippen LogP contribution in [0.2, 0.25) is 0 Å². The summed E-state index contributed by atoms with van der Waals surface area (Å²) in [6.07, 6.45) is 3.29. The molecule has 0 aromatic carbocycles. The van der Waals surface area contributed by atoms with Gasteiger partial charge < -0.3 is 9.47 Å². The third-order valence-electron chi connectivity index (χ3n) is 2.04. The molecule has 1 aliphatic heterocycles. The molecule has 1 rings (SSSR count). The Morgan fingerprint density at radius 1 is 1.42 bits per heavy atom. The molecule has 0 spiro atoms. The normalized spacial score (nSPS) is 19.8. The van der Waals surface area contributed by atoms with Crippen LogP contribution in [-0.4, -0.2) is 51.5 Å². The monoisotopic (exact) mass is 172 g/mol. The molecule has 0 saturated carbocycles. The van der Waals surface area contributed by atoms with Crippen LogP contribution in [0, 0.1) is 6.42 Å². The van der Waals surface area contributed by atoms with Gasteiger partial charge in [0.2, 0.25) is 0 Å². The standard InChI is InChI=1S/C9H18NO2/c1-11-7-3-2-4-10-5-8-12-9-6-10/h3H,2,4-9H2,1H3. The van der Waals surface area contributed by atoms with Crippen LogP contribution in [0.25, 0.3) is 0 Å². The fraction of sp³-hybridized carbons (Fsp3) is 0.889. The average Bonchev–Trinajstić information content (AvgIpc) is 2.14. The molecule has 0 amide bonds. The van der Waals surface area contributed by atoms with Gasteiger partial charge in [0.15, 0.2) is 0 Å². The highest BCUT2D eigenvalue weighted by Crippen LogP contribution is 1.99. The number of hydrogen-bond donors (Lipinski definition) is 0. The van der Waals surface area contributed by atoms with Gasteiger partial charge in [-0.05, 0) is 19.4 Å². The summed E-state index contributed by atoms with van der Waals surface area (Å²) in [5.74, 6) is 0. The zero-order valence-corrected chi connectivity index (χ0v) is 7.79. The second-order valence-electron chi connectivity index (χ2n) is 2.99. The summed E-state index contributed by atoms with van der Waals surface area (Å²) in [5.41, 5.74) is 0. The van der Waals surface area contributed by atoms with Gasteiger partial charge in [0, 0.05) is 26.8 Å². The van der Waals surface area contributed by atoms with Gasteiger partial charge in [-0.25, -0.2) is 0 Å². The molecule has 71 valence electrons. The van der Waals surface area contributed by atoms with E-state index in [2.05, 4.69) is 11.3 Å². The van der Waals surface area contributed by atoms with Crippen molar-refractivity contribution in [3.8, 4) is 0 Å². The van der Waals surface area contributed by atoms with E-state index >= 15 is 0 Å². The number of rotatable bonds is 5. The first-order valence-electron chi connectivity index (χ1n) is 4.54. The van der Waals surface area contributed by atoms with E-state index in [1.807, 2.05) is 0 Å². The van der Waals surface area contributed by atoms with Gasteiger partial charge in [-0.2, -0.15) is 0 Å². The lowest BCUT2D eigenvalue weighted by Crippen LogP contribution is -2.36. The Kier molecular flexibility index (Phi) is 5.32. The third kappa shape index (κ3) is 4.04. The van der Waals surface area contributed by atoms with Crippen molar-refractivity contribution in [1.82, 2.24) is 4.90 Å². The first-order chi connectivity index (χ1) is 5.93. The van der Waals surface area contributed by atoms with Crippen LogP contribution in [0.5, 0.6) is 0 Å². The Morgan fingerprint density at radius 2 is 2.17 bits per heavy atom. The molecule has 1 heterocycles. The van der Waals surface area contributed by atoms with Crippen molar-refractivity contribution < 1.29 is 9.47 Å². The predicted molar refractivity (Wildman–Crippen MR) is 48.1 cm³/mol. The van der Waals surface area contributed by atoms with Crippen LogP contribution in [-0.2, 0) is 9.47 Å². The summed E-state index contributed by atoms with van der Waals surface area (Å²) >= 11 is 0. The summed E-state index contributed by atoms with van der Waals surface area (Å²) in [7, 11) is 1.73.